The van der Waals surface area contributed by atoms with E-state index in [2.05, 4.69) is 31.1 Å². The second-order valence-corrected chi connectivity index (χ2v) is 9.00. The van der Waals surface area contributed by atoms with E-state index in [1.165, 1.54) is 0 Å². The number of hydrogen-bond acceptors (Lipinski definition) is 4. The Bertz CT molecular complexity index is 596. The second-order valence-electron chi connectivity index (χ2n) is 7.92. The molecule has 1 heterocycles. The number of aliphatic hydroxyl groups excluding tert-OH is 1. The summed E-state index contributed by atoms with van der Waals surface area (Å²) in [6, 6.07) is 3.96. The third-order valence-corrected chi connectivity index (χ3v) is 5.32. The third kappa shape index (κ3) is 7.61. The summed E-state index contributed by atoms with van der Waals surface area (Å²) in [6.45, 7) is 6.71. The summed E-state index contributed by atoms with van der Waals surface area (Å²) >= 11 is 1.73. The Morgan fingerprint density at radius 3 is 2.96 bits per heavy atom. The van der Waals surface area contributed by atoms with Crippen LogP contribution in [0.1, 0.15) is 58.4 Å². The molecule has 0 spiro atoms. The largest absolute Gasteiger partial charge is 0.393 e. The molecule has 0 aromatic carbocycles. The van der Waals surface area contributed by atoms with E-state index in [-0.39, 0.29) is 18.1 Å². The average Bonchev–Trinajstić information content (AvgIpc) is 2.53. The number of carbonyl (C=O) groups excluding carboxylic acids is 1. The first-order valence-electron chi connectivity index (χ1n) is 9.08. The fraction of sp³-hybridized carbons (Fsp3) is 0.600. The van der Waals surface area contributed by atoms with Gasteiger partial charge in [0.2, 0.25) is 5.91 Å². The first kappa shape index (κ1) is 20.0. The zero-order valence-corrected chi connectivity index (χ0v) is 16.3. The number of amides is 1. The fourth-order valence-corrected chi connectivity index (χ4v) is 4.16. The SMILES string of the molecule is CC(C)(C)CCSc1ncccc1/C=C/C(=O)NC1CCCC(O)C1. The van der Waals surface area contributed by atoms with Gasteiger partial charge in [0.05, 0.1) is 6.10 Å². The van der Waals surface area contributed by atoms with Crippen molar-refractivity contribution in [3.63, 3.8) is 0 Å². The minimum absolute atomic E-state index is 0.0791. The molecule has 0 bridgehead atoms. The van der Waals surface area contributed by atoms with Crippen LogP contribution in [0.3, 0.4) is 0 Å². The Labute approximate surface area is 155 Å². The van der Waals surface area contributed by atoms with Crippen LogP contribution in [0.4, 0.5) is 0 Å². The summed E-state index contributed by atoms with van der Waals surface area (Å²) in [7, 11) is 0. The molecular formula is C20H30N2O2S. The molecule has 1 aromatic rings. The molecule has 4 nitrogen and oxygen atoms in total. The van der Waals surface area contributed by atoms with Crippen molar-refractivity contribution < 1.29 is 9.90 Å². The van der Waals surface area contributed by atoms with Crippen molar-refractivity contribution >= 4 is 23.7 Å². The van der Waals surface area contributed by atoms with Crippen LogP contribution in [0.2, 0.25) is 0 Å². The summed E-state index contributed by atoms with van der Waals surface area (Å²) < 4.78 is 0. The molecule has 2 N–H and O–H groups in total. The first-order valence-corrected chi connectivity index (χ1v) is 10.1. The van der Waals surface area contributed by atoms with Crippen LogP contribution in [0, 0.1) is 5.41 Å². The van der Waals surface area contributed by atoms with Gasteiger partial charge in [-0.15, -0.1) is 11.8 Å². The Kier molecular flexibility index (Phi) is 7.51. The lowest BCUT2D eigenvalue weighted by atomic mass is 9.93. The molecular weight excluding hydrogens is 332 g/mol. The first-order chi connectivity index (χ1) is 11.8. The normalized spacial score (nSPS) is 21.4. The monoisotopic (exact) mass is 362 g/mol. The second kappa shape index (κ2) is 9.39. The molecule has 2 rings (SSSR count). The van der Waals surface area contributed by atoms with Crippen LogP contribution in [0.25, 0.3) is 6.08 Å². The maximum Gasteiger partial charge on any atom is 0.244 e. The molecule has 0 radical (unpaired) electrons. The van der Waals surface area contributed by atoms with Crippen LogP contribution >= 0.6 is 11.8 Å². The molecule has 0 saturated heterocycles. The standard InChI is InChI=1S/C20H30N2O2S/c1-20(2,3)11-13-25-19-15(6-5-12-21-19)9-10-18(24)22-16-7-4-8-17(23)14-16/h5-6,9-10,12,16-17,23H,4,7-8,11,13-14H2,1-3H3,(H,22,24)/b10-9+. The number of aromatic nitrogens is 1. The quantitative estimate of drug-likeness (QED) is 0.592. The molecule has 1 amide bonds. The topological polar surface area (TPSA) is 62.2 Å². The molecule has 138 valence electrons. The molecule has 25 heavy (non-hydrogen) atoms. The van der Waals surface area contributed by atoms with Crippen molar-refractivity contribution in [1.82, 2.24) is 10.3 Å². The van der Waals surface area contributed by atoms with Crippen molar-refractivity contribution in [2.24, 2.45) is 5.41 Å². The van der Waals surface area contributed by atoms with Crippen LogP contribution in [-0.4, -0.2) is 33.9 Å². The lowest BCUT2D eigenvalue weighted by Crippen LogP contribution is -2.38. The molecule has 1 saturated carbocycles. The minimum Gasteiger partial charge on any atom is -0.393 e. The molecule has 2 unspecified atom stereocenters. The van der Waals surface area contributed by atoms with Gasteiger partial charge in [-0.2, -0.15) is 0 Å². The highest BCUT2D eigenvalue weighted by molar-refractivity contribution is 7.99. The van der Waals surface area contributed by atoms with Crippen molar-refractivity contribution in [3.8, 4) is 0 Å². The van der Waals surface area contributed by atoms with Crippen LogP contribution in [-0.2, 0) is 4.79 Å². The molecule has 1 aliphatic carbocycles. The number of carbonyl (C=O) groups is 1. The number of pyridine rings is 1. The predicted octanol–water partition coefficient (Wildman–Crippen LogP) is 4.04. The number of hydrogen-bond donors (Lipinski definition) is 2. The Morgan fingerprint density at radius 1 is 1.44 bits per heavy atom. The van der Waals surface area contributed by atoms with E-state index in [0.717, 1.165) is 42.0 Å². The lowest BCUT2D eigenvalue weighted by molar-refractivity contribution is -0.117. The Morgan fingerprint density at radius 2 is 2.24 bits per heavy atom. The number of thioether (sulfide) groups is 1. The van der Waals surface area contributed by atoms with Gasteiger partial charge in [0.25, 0.3) is 0 Å². The van der Waals surface area contributed by atoms with Crippen LogP contribution in [0.5, 0.6) is 0 Å². The highest BCUT2D eigenvalue weighted by atomic mass is 32.2. The summed E-state index contributed by atoms with van der Waals surface area (Å²) in [4.78, 5) is 16.6. The zero-order chi connectivity index (χ0) is 18.3. The molecule has 1 aliphatic rings. The highest BCUT2D eigenvalue weighted by Gasteiger charge is 2.20. The molecule has 1 aromatic heterocycles. The molecule has 5 heteroatoms. The highest BCUT2D eigenvalue weighted by Crippen LogP contribution is 2.27. The lowest BCUT2D eigenvalue weighted by Gasteiger charge is -2.26. The molecule has 1 fully saturated rings. The average molecular weight is 363 g/mol. The Balaban J connectivity index is 1.90. The van der Waals surface area contributed by atoms with Gasteiger partial charge in [0.1, 0.15) is 5.03 Å². The maximum absolute atomic E-state index is 12.1. The summed E-state index contributed by atoms with van der Waals surface area (Å²) in [5, 5.41) is 13.6. The van der Waals surface area contributed by atoms with Crippen LogP contribution in [0.15, 0.2) is 29.4 Å². The maximum atomic E-state index is 12.1. The summed E-state index contributed by atoms with van der Waals surface area (Å²) in [5.41, 5.74) is 1.28. The van der Waals surface area contributed by atoms with Crippen molar-refractivity contribution in [1.29, 1.82) is 0 Å². The summed E-state index contributed by atoms with van der Waals surface area (Å²) in [5.74, 6) is 0.904. The van der Waals surface area contributed by atoms with Crippen LogP contribution < -0.4 is 5.32 Å². The fourth-order valence-electron chi connectivity index (χ4n) is 2.81. The van der Waals surface area contributed by atoms with Gasteiger partial charge in [-0.25, -0.2) is 4.98 Å². The predicted molar refractivity (Wildman–Crippen MR) is 104 cm³/mol. The van der Waals surface area contributed by atoms with E-state index in [1.54, 1.807) is 24.0 Å². The number of rotatable bonds is 6. The van der Waals surface area contributed by atoms with E-state index in [0.29, 0.717) is 11.8 Å². The van der Waals surface area contributed by atoms with Gasteiger partial charge in [-0.05, 0) is 49.7 Å². The van der Waals surface area contributed by atoms with Crippen molar-refractivity contribution in [2.75, 3.05) is 5.75 Å². The van der Waals surface area contributed by atoms with Crippen molar-refractivity contribution in [3.05, 3.63) is 30.0 Å². The third-order valence-electron chi connectivity index (χ3n) is 4.30. The smallest absolute Gasteiger partial charge is 0.244 e. The number of nitrogens with one attached hydrogen (secondary N) is 1. The zero-order valence-electron chi connectivity index (χ0n) is 15.5. The van der Waals surface area contributed by atoms with Gasteiger partial charge >= 0.3 is 0 Å². The van der Waals surface area contributed by atoms with Gasteiger partial charge in [0, 0.05) is 29.6 Å². The molecule has 2 atom stereocenters. The number of aliphatic hydroxyl groups is 1. The minimum atomic E-state index is -0.285. The van der Waals surface area contributed by atoms with E-state index >= 15 is 0 Å². The summed E-state index contributed by atoms with van der Waals surface area (Å²) in [6.07, 6.45) is 9.43. The van der Waals surface area contributed by atoms with Gasteiger partial charge in [-0.3, -0.25) is 4.79 Å². The molecule has 0 aliphatic heterocycles. The van der Waals surface area contributed by atoms with E-state index in [9.17, 15) is 9.90 Å². The van der Waals surface area contributed by atoms with E-state index in [4.69, 9.17) is 0 Å². The Hall–Kier alpha value is -1.33. The van der Waals surface area contributed by atoms with E-state index < -0.39 is 0 Å². The van der Waals surface area contributed by atoms with Gasteiger partial charge in [0.15, 0.2) is 0 Å². The van der Waals surface area contributed by atoms with Gasteiger partial charge < -0.3 is 10.4 Å². The van der Waals surface area contributed by atoms with Gasteiger partial charge in [-0.1, -0.05) is 26.8 Å². The van der Waals surface area contributed by atoms with Crippen molar-refractivity contribution in [2.45, 2.75) is 70.0 Å². The van der Waals surface area contributed by atoms with E-state index in [1.807, 2.05) is 18.2 Å². The number of nitrogens with zero attached hydrogens (tertiary/aromatic N) is 1.